The van der Waals surface area contributed by atoms with Crippen LogP contribution in [0.15, 0.2) is 71.6 Å². The second-order valence-corrected chi connectivity index (χ2v) is 12.3. The highest BCUT2D eigenvalue weighted by atomic mass is 35.5. The van der Waals surface area contributed by atoms with E-state index in [-0.39, 0.29) is 34.8 Å². The zero-order valence-corrected chi connectivity index (χ0v) is 26.5. The topological polar surface area (TPSA) is 105 Å². The summed E-state index contributed by atoms with van der Waals surface area (Å²) in [5.74, 6) is -0.339. The van der Waals surface area contributed by atoms with Crippen molar-refractivity contribution in [2.75, 3.05) is 25.1 Å². The van der Waals surface area contributed by atoms with Gasteiger partial charge in [-0.05, 0) is 62.2 Å². The molecule has 0 spiro atoms. The maximum Gasteiger partial charge on any atom is 0.264 e. The minimum Gasteiger partial charge on any atom is -0.493 e. The van der Waals surface area contributed by atoms with Crippen LogP contribution in [0.25, 0.3) is 0 Å². The number of benzene rings is 3. The van der Waals surface area contributed by atoms with Gasteiger partial charge in [-0.3, -0.25) is 13.9 Å². The number of carbonyl (C=O) groups excluding carboxylic acids is 2. The van der Waals surface area contributed by atoms with E-state index in [0.29, 0.717) is 27.8 Å². The number of carbonyl (C=O) groups is 2. The molecule has 0 heterocycles. The van der Waals surface area contributed by atoms with Crippen LogP contribution in [-0.2, 0) is 26.2 Å². The molecule has 1 N–H and O–H groups in total. The van der Waals surface area contributed by atoms with E-state index in [1.54, 1.807) is 49.4 Å². The van der Waals surface area contributed by atoms with Crippen molar-refractivity contribution in [2.45, 2.75) is 50.7 Å². The molecule has 2 atom stereocenters. The van der Waals surface area contributed by atoms with Gasteiger partial charge in [0.1, 0.15) is 12.6 Å². The number of hydrogen-bond acceptors (Lipinski definition) is 6. The van der Waals surface area contributed by atoms with E-state index < -0.39 is 28.5 Å². The molecule has 2 amide bonds. The average Bonchev–Trinajstić information content (AvgIpc) is 2.98. The van der Waals surface area contributed by atoms with E-state index >= 15 is 0 Å². The predicted octanol–water partition coefficient (Wildman–Crippen LogP) is 5.54. The molecule has 0 aliphatic carbocycles. The summed E-state index contributed by atoms with van der Waals surface area (Å²) in [5, 5.41) is 3.62. The van der Waals surface area contributed by atoms with Gasteiger partial charge in [-0.2, -0.15) is 0 Å². The van der Waals surface area contributed by atoms with E-state index in [4.69, 9.17) is 32.7 Å². The first kappa shape index (κ1) is 33.0. The molecule has 0 unspecified atom stereocenters. The van der Waals surface area contributed by atoms with E-state index in [2.05, 4.69) is 5.32 Å². The van der Waals surface area contributed by atoms with Gasteiger partial charge in [0.15, 0.2) is 11.5 Å². The minimum atomic E-state index is -4.24. The van der Waals surface area contributed by atoms with Crippen LogP contribution in [0, 0.1) is 0 Å². The summed E-state index contributed by atoms with van der Waals surface area (Å²) >= 11 is 12.5. The number of rotatable bonds is 13. The molecular formula is C30H35Cl2N3O6S. The molecule has 0 radical (unpaired) electrons. The Morgan fingerprint density at radius 3 is 2.19 bits per heavy atom. The third-order valence-corrected chi connectivity index (χ3v) is 9.16. The first-order chi connectivity index (χ1) is 19.9. The number of halogens is 2. The van der Waals surface area contributed by atoms with E-state index in [0.717, 1.165) is 4.31 Å². The number of ether oxygens (including phenoxy) is 2. The van der Waals surface area contributed by atoms with Gasteiger partial charge in [0.2, 0.25) is 11.8 Å². The lowest BCUT2D eigenvalue weighted by Crippen LogP contribution is -2.52. The van der Waals surface area contributed by atoms with Gasteiger partial charge in [-0.15, -0.1) is 0 Å². The zero-order chi connectivity index (χ0) is 31.0. The Balaban J connectivity index is 2.09. The monoisotopic (exact) mass is 635 g/mol. The van der Waals surface area contributed by atoms with E-state index in [1.807, 2.05) is 13.8 Å². The van der Waals surface area contributed by atoms with Crippen molar-refractivity contribution in [1.29, 1.82) is 0 Å². The summed E-state index contributed by atoms with van der Waals surface area (Å²) in [6.07, 6.45) is 0.692. The van der Waals surface area contributed by atoms with Crippen molar-refractivity contribution in [3.8, 4) is 11.5 Å². The fraction of sp³-hybridized carbons (Fsp3) is 0.333. The maximum atomic E-state index is 14.1. The molecule has 0 aliphatic heterocycles. The van der Waals surface area contributed by atoms with Gasteiger partial charge >= 0.3 is 0 Å². The first-order valence-electron chi connectivity index (χ1n) is 13.3. The highest BCUT2D eigenvalue weighted by molar-refractivity contribution is 7.92. The van der Waals surface area contributed by atoms with Crippen molar-refractivity contribution >= 4 is 50.7 Å². The zero-order valence-electron chi connectivity index (χ0n) is 24.1. The van der Waals surface area contributed by atoms with Gasteiger partial charge in [0.25, 0.3) is 10.0 Å². The standard InChI is InChI=1S/C30H35Cl2N3O6S/c1-6-20(2)33-30(37)21(3)34(18-22-12-13-23(31)16-26(22)32)29(36)19-35(42(38,39)25-10-8-7-9-11-25)24-14-15-27(40-4)28(17-24)41-5/h7-17,20-21H,6,18-19H2,1-5H3,(H,33,37)/t20-,21-/m0/s1. The number of sulfonamides is 1. The van der Waals surface area contributed by atoms with Crippen LogP contribution in [0.3, 0.4) is 0 Å². The molecule has 9 nitrogen and oxygen atoms in total. The molecule has 0 saturated heterocycles. The first-order valence-corrected chi connectivity index (χ1v) is 15.5. The quantitative estimate of drug-likeness (QED) is 0.264. The SMILES string of the molecule is CC[C@H](C)NC(=O)[C@H](C)N(Cc1ccc(Cl)cc1Cl)C(=O)CN(c1ccc(OC)c(OC)c1)S(=O)(=O)c1ccccc1. The number of amides is 2. The van der Waals surface area contributed by atoms with Crippen molar-refractivity contribution in [2.24, 2.45) is 0 Å². The van der Waals surface area contributed by atoms with Crippen molar-refractivity contribution in [3.05, 3.63) is 82.3 Å². The summed E-state index contributed by atoms with van der Waals surface area (Å²) in [5.41, 5.74) is 0.715. The Labute approximate surface area is 257 Å². The second kappa shape index (κ2) is 14.6. The largest absolute Gasteiger partial charge is 0.493 e. The number of nitrogens with one attached hydrogen (secondary N) is 1. The third-order valence-electron chi connectivity index (χ3n) is 6.79. The number of methoxy groups -OCH3 is 2. The predicted molar refractivity (Wildman–Crippen MR) is 165 cm³/mol. The van der Waals surface area contributed by atoms with Crippen LogP contribution in [-0.4, -0.2) is 58.0 Å². The lowest BCUT2D eigenvalue weighted by molar-refractivity contribution is -0.139. The smallest absolute Gasteiger partial charge is 0.264 e. The molecule has 42 heavy (non-hydrogen) atoms. The fourth-order valence-corrected chi connectivity index (χ4v) is 6.01. The summed E-state index contributed by atoms with van der Waals surface area (Å²) in [6, 6.07) is 16.1. The molecule has 3 rings (SSSR count). The Kier molecular flexibility index (Phi) is 11.5. The van der Waals surface area contributed by atoms with Gasteiger partial charge in [-0.1, -0.05) is 54.4 Å². The lowest BCUT2D eigenvalue weighted by Gasteiger charge is -2.32. The molecule has 0 aromatic heterocycles. The van der Waals surface area contributed by atoms with Crippen LogP contribution in [0.2, 0.25) is 10.0 Å². The third kappa shape index (κ3) is 7.87. The summed E-state index contributed by atoms with van der Waals surface area (Å²) in [4.78, 5) is 28.6. The van der Waals surface area contributed by atoms with Crippen molar-refractivity contribution in [1.82, 2.24) is 10.2 Å². The maximum absolute atomic E-state index is 14.1. The van der Waals surface area contributed by atoms with Gasteiger partial charge in [-0.25, -0.2) is 8.42 Å². The summed E-state index contributed by atoms with van der Waals surface area (Å²) < 4.78 is 39.6. The highest BCUT2D eigenvalue weighted by Crippen LogP contribution is 2.34. The van der Waals surface area contributed by atoms with Gasteiger partial charge in [0, 0.05) is 28.7 Å². The Bertz CT molecular complexity index is 1500. The van der Waals surface area contributed by atoms with E-state index in [9.17, 15) is 18.0 Å². The Morgan fingerprint density at radius 1 is 0.929 bits per heavy atom. The van der Waals surface area contributed by atoms with Crippen molar-refractivity contribution in [3.63, 3.8) is 0 Å². The summed E-state index contributed by atoms with van der Waals surface area (Å²) in [7, 11) is -1.35. The normalized spacial score (nSPS) is 12.6. The lowest BCUT2D eigenvalue weighted by atomic mass is 10.1. The molecule has 0 saturated carbocycles. The van der Waals surface area contributed by atoms with Crippen LogP contribution < -0.4 is 19.1 Å². The molecule has 12 heteroatoms. The van der Waals surface area contributed by atoms with E-state index in [1.165, 1.54) is 43.4 Å². The number of hydrogen-bond donors (Lipinski definition) is 1. The van der Waals surface area contributed by atoms with Crippen LogP contribution in [0.1, 0.15) is 32.8 Å². The number of nitrogens with zero attached hydrogens (tertiary/aromatic N) is 2. The van der Waals surface area contributed by atoms with Gasteiger partial charge < -0.3 is 19.7 Å². The molecule has 3 aromatic carbocycles. The second-order valence-electron chi connectivity index (χ2n) is 9.62. The summed E-state index contributed by atoms with van der Waals surface area (Å²) in [6.45, 7) is 4.71. The highest BCUT2D eigenvalue weighted by Gasteiger charge is 2.33. The molecule has 0 bridgehead atoms. The average molecular weight is 637 g/mol. The minimum absolute atomic E-state index is 0.0116. The van der Waals surface area contributed by atoms with Gasteiger partial charge in [0.05, 0.1) is 24.8 Å². The molecule has 0 aliphatic rings. The Hall–Kier alpha value is -3.47. The Morgan fingerprint density at radius 2 is 1.60 bits per heavy atom. The fourth-order valence-electron chi connectivity index (χ4n) is 4.11. The molecule has 0 fully saturated rings. The molecule has 3 aromatic rings. The molecule has 226 valence electrons. The number of anilines is 1. The van der Waals surface area contributed by atoms with Crippen LogP contribution in [0.4, 0.5) is 5.69 Å². The molecular weight excluding hydrogens is 601 g/mol. The van der Waals surface area contributed by atoms with Crippen LogP contribution >= 0.6 is 23.2 Å². The van der Waals surface area contributed by atoms with Crippen LogP contribution in [0.5, 0.6) is 11.5 Å². The van der Waals surface area contributed by atoms with Crippen molar-refractivity contribution < 1.29 is 27.5 Å².